The number of aryl methyl sites for hydroxylation is 1. The highest BCUT2D eigenvalue weighted by Gasteiger charge is 2.08. The molecule has 0 heterocycles. The molecule has 2 rings (SSSR count). The maximum Gasteiger partial charge on any atom is 0.169 e. The highest BCUT2D eigenvalue weighted by molar-refractivity contribution is 5.43. The van der Waals surface area contributed by atoms with Crippen LogP contribution < -0.4 is 9.47 Å². The van der Waals surface area contributed by atoms with Crippen molar-refractivity contribution >= 4 is 0 Å². The van der Waals surface area contributed by atoms with E-state index >= 15 is 0 Å². The molecule has 0 bridgehead atoms. The van der Waals surface area contributed by atoms with Crippen LogP contribution in [0.2, 0.25) is 0 Å². The quantitative estimate of drug-likeness (QED) is 0.806. The molecule has 2 aromatic carbocycles. The number of ether oxygens (including phenoxy) is 2. The van der Waals surface area contributed by atoms with E-state index in [0.29, 0.717) is 23.9 Å². The zero-order valence-corrected chi connectivity index (χ0v) is 12.6. The third-order valence-electron chi connectivity index (χ3n) is 2.95. The smallest absolute Gasteiger partial charge is 0.169 e. The molecule has 0 aromatic heterocycles. The van der Waals surface area contributed by atoms with Gasteiger partial charge < -0.3 is 14.4 Å². The molecule has 112 valence electrons. The van der Waals surface area contributed by atoms with Crippen molar-refractivity contribution in [3.8, 4) is 17.2 Å². The van der Waals surface area contributed by atoms with Gasteiger partial charge in [0.2, 0.25) is 0 Å². The van der Waals surface area contributed by atoms with Crippen LogP contribution in [0.4, 0.5) is 4.39 Å². The van der Waals surface area contributed by atoms with Crippen molar-refractivity contribution in [3.05, 3.63) is 53.8 Å². The van der Waals surface area contributed by atoms with Gasteiger partial charge in [-0.25, -0.2) is 4.39 Å². The second-order valence-electron chi connectivity index (χ2n) is 5.16. The first-order valence-corrected chi connectivity index (χ1v) is 6.86. The van der Waals surface area contributed by atoms with Gasteiger partial charge in [0.1, 0.15) is 18.2 Å². The number of rotatable bonds is 6. The lowest BCUT2D eigenvalue weighted by atomic mass is 10.2. The molecule has 4 heteroatoms. The molecule has 0 spiro atoms. The Morgan fingerprint density at radius 1 is 1.00 bits per heavy atom. The fourth-order valence-electron chi connectivity index (χ4n) is 1.75. The number of likely N-dealkylation sites (N-methyl/N-ethyl adjacent to an activating group) is 1. The largest absolute Gasteiger partial charge is 0.488 e. The first kappa shape index (κ1) is 15.3. The standard InChI is InChI=1S/C17H20FNO2/c1-13-4-7-15(8-5-13)21-16-9-6-14(18)12-17(16)20-11-10-19(2)3/h4-9,12H,10-11H2,1-3H3. The molecule has 0 aliphatic carbocycles. The van der Waals surface area contributed by atoms with Crippen molar-refractivity contribution < 1.29 is 13.9 Å². The van der Waals surface area contributed by atoms with E-state index in [4.69, 9.17) is 9.47 Å². The molecule has 0 fully saturated rings. The molecule has 0 aliphatic rings. The van der Waals surface area contributed by atoms with Gasteiger partial charge in [-0.2, -0.15) is 0 Å². The second kappa shape index (κ2) is 7.09. The fourth-order valence-corrected chi connectivity index (χ4v) is 1.75. The Morgan fingerprint density at radius 3 is 2.38 bits per heavy atom. The van der Waals surface area contributed by atoms with Gasteiger partial charge in [-0.15, -0.1) is 0 Å². The van der Waals surface area contributed by atoms with E-state index in [9.17, 15) is 4.39 Å². The first-order valence-electron chi connectivity index (χ1n) is 6.86. The predicted octanol–water partition coefficient (Wildman–Crippen LogP) is 3.87. The van der Waals surface area contributed by atoms with Crippen molar-refractivity contribution in [2.24, 2.45) is 0 Å². The lowest BCUT2D eigenvalue weighted by Crippen LogP contribution is -2.19. The Kier molecular flexibility index (Phi) is 5.17. The molecule has 0 atom stereocenters. The summed E-state index contributed by atoms with van der Waals surface area (Å²) in [7, 11) is 3.91. The van der Waals surface area contributed by atoms with Gasteiger partial charge in [0, 0.05) is 12.6 Å². The lowest BCUT2D eigenvalue weighted by Gasteiger charge is -2.14. The van der Waals surface area contributed by atoms with Crippen LogP contribution in [0, 0.1) is 12.7 Å². The van der Waals surface area contributed by atoms with Crippen LogP contribution >= 0.6 is 0 Å². The molecule has 2 aromatic rings. The molecule has 0 amide bonds. The van der Waals surface area contributed by atoms with Gasteiger partial charge in [-0.3, -0.25) is 0 Å². The molecule has 0 saturated carbocycles. The van der Waals surface area contributed by atoms with E-state index in [-0.39, 0.29) is 5.82 Å². The van der Waals surface area contributed by atoms with Gasteiger partial charge in [0.15, 0.2) is 11.5 Å². The van der Waals surface area contributed by atoms with Crippen molar-refractivity contribution in [2.75, 3.05) is 27.2 Å². The van der Waals surface area contributed by atoms with E-state index in [1.165, 1.54) is 12.1 Å². The summed E-state index contributed by atoms with van der Waals surface area (Å²) < 4.78 is 24.8. The number of nitrogens with zero attached hydrogens (tertiary/aromatic N) is 1. The van der Waals surface area contributed by atoms with Gasteiger partial charge in [-0.05, 0) is 45.3 Å². The van der Waals surface area contributed by atoms with Gasteiger partial charge in [-0.1, -0.05) is 17.7 Å². The van der Waals surface area contributed by atoms with E-state index in [1.54, 1.807) is 6.07 Å². The summed E-state index contributed by atoms with van der Waals surface area (Å²) in [6, 6.07) is 12.0. The summed E-state index contributed by atoms with van der Waals surface area (Å²) in [5.41, 5.74) is 1.16. The molecule has 0 saturated heterocycles. The maximum atomic E-state index is 13.4. The van der Waals surface area contributed by atoms with Gasteiger partial charge in [0.05, 0.1) is 0 Å². The van der Waals surface area contributed by atoms with Crippen molar-refractivity contribution in [1.82, 2.24) is 4.90 Å². The van der Waals surface area contributed by atoms with Crippen LogP contribution in [0.5, 0.6) is 17.2 Å². The summed E-state index contributed by atoms with van der Waals surface area (Å²) in [5.74, 6) is 1.28. The Hall–Kier alpha value is -2.07. The molecule has 3 nitrogen and oxygen atoms in total. The third-order valence-corrected chi connectivity index (χ3v) is 2.95. The minimum Gasteiger partial charge on any atom is -0.488 e. The minimum absolute atomic E-state index is 0.342. The van der Waals surface area contributed by atoms with Crippen LogP contribution in [-0.2, 0) is 0 Å². The van der Waals surface area contributed by atoms with Crippen molar-refractivity contribution in [3.63, 3.8) is 0 Å². The monoisotopic (exact) mass is 289 g/mol. The normalized spacial score (nSPS) is 10.7. The summed E-state index contributed by atoms with van der Waals surface area (Å²) in [4.78, 5) is 2.00. The molecule has 0 unspecified atom stereocenters. The first-order chi connectivity index (χ1) is 10.0. The average molecular weight is 289 g/mol. The molecular weight excluding hydrogens is 269 g/mol. The summed E-state index contributed by atoms with van der Waals surface area (Å²) in [6.07, 6.45) is 0. The van der Waals surface area contributed by atoms with E-state index in [1.807, 2.05) is 50.2 Å². The van der Waals surface area contributed by atoms with Crippen molar-refractivity contribution in [2.45, 2.75) is 6.92 Å². The maximum absolute atomic E-state index is 13.4. The number of hydrogen-bond acceptors (Lipinski definition) is 3. The van der Waals surface area contributed by atoms with Crippen LogP contribution in [0.3, 0.4) is 0 Å². The van der Waals surface area contributed by atoms with Crippen LogP contribution in [0.1, 0.15) is 5.56 Å². The lowest BCUT2D eigenvalue weighted by molar-refractivity contribution is 0.253. The Morgan fingerprint density at radius 2 is 1.71 bits per heavy atom. The number of halogens is 1. The summed E-state index contributed by atoms with van der Waals surface area (Å²) >= 11 is 0. The second-order valence-corrected chi connectivity index (χ2v) is 5.16. The van der Waals surface area contributed by atoms with E-state index < -0.39 is 0 Å². The Bertz CT molecular complexity index is 582. The predicted molar refractivity (Wildman–Crippen MR) is 81.7 cm³/mol. The Balaban J connectivity index is 2.12. The summed E-state index contributed by atoms with van der Waals surface area (Å²) in [6.45, 7) is 3.23. The van der Waals surface area contributed by atoms with Crippen LogP contribution in [0.15, 0.2) is 42.5 Å². The third kappa shape index (κ3) is 4.76. The highest BCUT2D eigenvalue weighted by Crippen LogP contribution is 2.32. The SMILES string of the molecule is Cc1ccc(Oc2ccc(F)cc2OCCN(C)C)cc1. The molecular formula is C17H20FNO2. The molecule has 21 heavy (non-hydrogen) atoms. The van der Waals surface area contributed by atoms with Crippen LogP contribution in [0.25, 0.3) is 0 Å². The highest BCUT2D eigenvalue weighted by atomic mass is 19.1. The zero-order valence-electron chi connectivity index (χ0n) is 12.6. The Labute approximate surface area is 124 Å². The van der Waals surface area contributed by atoms with Gasteiger partial charge in [0.25, 0.3) is 0 Å². The summed E-state index contributed by atoms with van der Waals surface area (Å²) in [5, 5.41) is 0. The van der Waals surface area contributed by atoms with E-state index in [0.717, 1.165) is 12.1 Å². The number of benzene rings is 2. The van der Waals surface area contributed by atoms with Gasteiger partial charge >= 0.3 is 0 Å². The topological polar surface area (TPSA) is 21.7 Å². The average Bonchev–Trinajstić information content (AvgIpc) is 2.43. The molecule has 0 N–H and O–H groups in total. The van der Waals surface area contributed by atoms with E-state index in [2.05, 4.69) is 0 Å². The molecule has 0 radical (unpaired) electrons. The minimum atomic E-state index is -0.342. The molecule has 0 aliphatic heterocycles. The van der Waals surface area contributed by atoms with Crippen molar-refractivity contribution in [1.29, 1.82) is 0 Å². The zero-order chi connectivity index (χ0) is 15.2. The fraction of sp³-hybridized carbons (Fsp3) is 0.294. The number of hydrogen-bond donors (Lipinski definition) is 0. The van der Waals surface area contributed by atoms with Crippen LogP contribution in [-0.4, -0.2) is 32.1 Å².